The number of rotatable bonds is 9. The summed E-state index contributed by atoms with van der Waals surface area (Å²) in [6.07, 6.45) is 3.02. The average Bonchev–Trinajstić information content (AvgIpc) is 3.28. The highest BCUT2D eigenvalue weighted by Gasteiger charge is 2.25. The number of hydrogen-bond acceptors (Lipinski definition) is 5. The van der Waals surface area contributed by atoms with Crippen molar-refractivity contribution in [3.05, 3.63) is 77.9 Å². The first-order chi connectivity index (χ1) is 14.9. The molecule has 0 spiro atoms. The molecule has 0 aliphatic carbocycles. The van der Waals surface area contributed by atoms with Gasteiger partial charge in [-0.3, -0.25) is 9.48 Å². The minimum atomic E-state index is -3.68. The van der Waals surface area contributed by atoms with Crippen LogP contribution in [-0.4, -0.2) is 46.5 Å². The lowest BCUT2D eigenvalue weighted by atomic mass is 10.1. The SMILES string of the molecule is CCN(CC)S(=O)(=O)c1cc(C(=O)NC(Cn2cncn2)c2ccccc2)ccc1C. The molecule has 31 heavy (non-hydrogen) atoms. The quantitative estimate of drug-likeness (QED) is 0.551. The van der Waals surface area contributed by atoms with Gasteiger partial charge in [0.15, 0.2) is 0 Å². The van der Waals surface area contributed by atoms with Crippen LogP contribution in [0.4, 0.5) is 0 Å². The number of carbonyl (C=O) groups excluding carboxylic acids is 1. The second kappa shape index (κ2) is 9.84. The van der Waals surface area contributed by atoms with Crippen molar-refractivity contribution in [1.29, 1.82) is 0 Å². The van der Waals surface area contributed by atoms with Crippen LogP contribution in [0.25, 0.3) is 0 Å². The number of aryl methyl sites for hydroxylation is 1. The summed E-state index contributed by atoms with van der Waals surface area (Å²) in [5.41, 5.74) is 1.80. The minimum absolute atomic E-state index is 0.149. The summed E-state index contributed by atoms with van der Waals surface area (Å²) in [6.45, 7) is 6.44. The van der Waals surface area contributed by atoms with E-state index in [1.165, 1.54) is 16.7 Å². The Morgan fingerprint density at radius 1 is 1.13 bits per heavy atom. The predicted molar refractivity (Wildman–Crippen MR) is 118 cm³/mol. The van der Waals surface area contributed by atoms with Crippen LogP contribution in [0, 0.1) is 6.92 Å². The van der Waals surface area contributed by atoms with Crippen LogP contribution in [0.3, 0.4) is 0 Å². The maximum Gasteiger partial charge on any atom is 0.251 e. The summed E-state index contributed by atoms with van der Waals surface area (Å²) in [5.74, 6) is -0.357. The van der Waals surface area contributed by atoms with Crippen molar-refractivity contribution >= 4 is 15.9 Å². The van der Waals surface area contributed by atoms with Crippen molar-refractivity contribution in [2.45, 2.75) is 38.3 Å². The van der Waals surface area contributed by atoms with E-state index in [1.807, 2.05) is 30.3 Å². The highest BCUT2D eigenvalue weighted by atomic mass is 32.2. The van der Waals surface area contributed by atoms with E-state index >= 15 is 0 Å². The summed E-state index contributed by atoms with van der Waals surface area (Å²) in [6, 6.07) is 14.0. The smallest absolute Gasteiger partial charge is 0.251 e. The zero-order chi connectivity index (χ0) is 22.4. The van der Waals surface area contributed by atoms with E-state index in [-0.39, 0.29) is 22.4 Å². The summed E-state index contributed by atoms with van der Waals surface area (Å²) in [5, 5.41) is 7.13. The molecule has 9 heteroatoms. The van der Waals surface area contributed by atoms with E-state index in [4.69, 9.17) is 0 Å². The highest BCUT2D eigenvalue weighted by Crippen LogP contribution is 2.22. The van der Waals surface area contributed by atoms with Crippen molar-refractivity contribution in [2.75, 3.05) is 13.1 Å². The fraction of sp³-hybridized carbons (Fsp3) is 0.318. The molecule has 1 heterocycles. The Balaban J connectivity index is 1.90. The predicted octanol–water partition coefficient (Wildman–Crippen LogP) is 2.79. The number of aromatic nitrogens is 3. The van der Waals surface area contributed by atoms with Crippen molar-refractivity contribution < 1.29 is 13.2 Å². The molecule has 0 bridgehead atoms. The Bertz CT molecular complexity index is 1110. The van der Waals surface area contributed by atoms with Crippen molar-refractivity contribution in [1.82, 2.24) is 24.4 Å². The molecule has 0 saturated heterocycles. The fourth-order valence-electron chi connectivity index (χ4n) is 3.40. The maximum atomic E-state index is 13.1. The third kappa shape index (κ3) is 5.18. The Hall–Kier alpha value is -3.04. The molecule has 1 unspecified atom stereocenters. The van der Waals surface area contributed by atoms with Gasteiger partial charge in [0, 0.05) is 18.7 Å². The van der Waals surface area contributed by atoms with E-state index in [9.17, 15) is 13.2 Å². The summed E-state index contributed by atoms with van der Waals surface area (Å²) in [7, 11) is -3.68. The molecular weight excluding hydrogens is 414 g/mol. The lowest BCUT2D eigenvalue weighted by molar-refractivity contribution is 0.0931. The number of hydrogen-bond donors (Lipinski definition) is 1. The molecule has 0 aliphatic heterocycles. The first-order valence-electron chi connectivity index (χ1n) is 10.2. The van der Waals surface area contributed by atoms with Gasteiger partial charge in [0.05, 0.1) is 17.5 Å². The summed E-state index contributed by atoms with van der Waals surface area (Å²) < 4.78 is 29.1. The first-order valence-corrected chi connectivity index (χ1v) is 11.6. The molecule has 1 aromatic heterocycles. The summed E-state index contributed by atoms with van der Waals surface area (Å²) >= 11 is 0. The molecule has 0 saturated carbocycles. The Kier molecular flexibility index (Phi) is 7.19. The zero-order valence-electron chi connectivity index (χ0n) is 17.9. The molecule has 1 atom stereocenters. The number of nitrogens with zero attached hydrogens (tertiary/aromatic N) is 4. The molecular formula is C22H27N5O3S. The largest absolute Gasteiger partial charge is 0.343 e. The Labute approximate surface area is 183 Å². The number of nitrogens with one attached hydrogen (secondary N) is 1. The van der Waals surface area contributed by atoms with E-state index in [1.54, 1.807) is 43.9 Å². The number of amides is 1. The topological polar surface area (TPSA) is 97.2 Å². The Morgan fingerprint density at radius 3 is 2.45 bits per heavy atom. The molecule has 0 radical (unpaired) electrons. The number of sulfonamides is 1. The van der Waals surface area contributed by atoms with Crippen LogP contribution < -0.4 is 5.32 Å². The van der Waals surface area contributed by atoms with Crippen LogP contribution in [-0.2, 0) is 16.6 Å². The maximum absolute atomic E-state index is 13.1. The van der Waals surface area contributed by atoms with Crippen molar-refractivity contribution in [3.63, 3.8) is 0 Å². The van der Waals surface area contributed by atoms with E-state index in [2.05, 4.69) is 15.4 Å². The summed E-state index contributed by atoms with van der Waals surface area (Å²) in [4.78, 5) is 17.2. The molecule has 3 aromatic rings. The lowest BCUT2D eigenvalue weighted by Gasteiger charge is -2.21. The van der Waals surface area contributed by atoms with Gasteiger partial charge in [-0.05, 0) is 30.2 Å². The van der Waals surface area contributed by atoms with Crippen LogP contribution in [0.1, 0.15) is 41.4 Å². The van der Waals surface area contributed by atoms with Crippen molar-refractivity contribution in [3.8, 4) is 0 Å². The Morgan fingerprint density at radius 2 is 1.84 bits per heavy atom. The highest BCUT2D eigenvalue weighted by molar-refractivity contribution is 7.89. The van der Waals surface area contributed by atoms with Crippen molar-refractivity contribution in [2.24, 2.45) is 0 Å². The molecule has 3 rings (SSSR count). The molecule has 0 fully saturated rings. The van der Waals surface area contributed by atoms with Gasteiger partial charge in [-0.2, -0.15) is 9.40 Å². The first kappa shape index (κ1) is 22.6. The van der Waals surface area contributed by atoms with Gasteiger partial charge in [-0.1, -0.05) is 50.2 Å². The monoisotopic (exact) mass is 441 g/mol. The second-order valence-electron chi connectivity index (χ2n) is 7.12. The molecule has 1 N–H and O–H groups in total. The van der Waals surface area contributed by atoms with E-state index in [0.29, 0.717) is 25.2 Å². The molecule has 1 amide bonds. The average molecular weight is 442 g/mol. The molecule has 8 nitrogen and oxygen atoms in total. The van der Waals surface area contributed by atoms with E-state index < -0.39 is 10.0 Å². The van der Waals surface area contributed by atoms with Crippen LogP contribution in [0.5, 0.6) is 0 Å². The van der Waals surface area contributed by atoms with Gasteiger partial charge >= 0.3 is 0 Å². The second-order valence-corrected chi connectivity index (χ2v) is 9.03. The van der Waals surface area contributed by atoms with Crippen LogP contribution in [0.2, 0.25) is 0 Å². The third-order valence-corrected chi connectivity index (χ3v) is 7.31. The molecule has 164 valence electrons. The van der Waals surface area contributed by atoms with Gasteiger partial charge in [0.2, 0.25) is 10.0 Å². The zero-order valence-corrected chi connectivity index (χ0v) is 18.7. The van der Waals surface area contributed by atoms with Gasteiger partial charge in [-0.25, -0.2) is 13.4 Å². The van der Waals surface area contributed by atoms with Crippen LogP contribution >= 0.6 is 0 Å². The fourth-order valence-corrected chi connectivity index (χ4v) is 5.11. The number of benzene rings is 2. The van der Waals surface area contributed by atoms with Gasteiger partial charge in [-0.15, -0.1) is 0 Å². The van der Waals surface area contributed by atoms with Gasteiger partial charge in [0.25, 0.3) is 5.91 Å². The normalized spacial score (nSPS) is 12.6. The number of carbonyl (C=O) groups is 1. The lowest BCUT2D eigenvalue weighted by Crippen LogP contribution is -2.33. The van der Waals surface area contributed by atoms with Gasteiger partial charge in [0.1, 0.15) is 12.7 Å². The molecule has 0 aliphatic rings. The standard InChI is InChI=1S/C22H27N5O3S/c1-4-27(5-2)31(29,30)21-13-19(12-11-17(21)3)22(28)25-20(14-26-16-23-15-24-26)18-9-7-6-8-10-18/h6-13,15-16,20H,4-5,14H2,1-3H3,(H,25,28). The molecule has 2 aromatic carbocycles. The minimum Gasteiger partial charge on any atom is -0.343 e. The van der Waals surface area contributed by atoms with E-state index in [0.717, 1.165) is 5.56 Å². The van der Waals surface area contributed by atoms with Crippen LogP contribution in [0.15, 0.2) is 66.1 Å². The third-order valence-electron chi connectivity index (χ3n) is 5.12. The van der Waals surface area contributed by atoms with Gasteiger partial charge < -0.3 is 5.32 Å².